The lowest BCUT2D eigenvalue weighted by Gasteiger charge is -2.05. The van der Waals surface area contributed by atoms with Crippen molar-refractivity contribution >= 4 is 17.1 Å². The van der Waals surface area contributed by atoms with Crippen LogP contribution in [0.1, 0.15) is 22.2 Å². The molecule has 1 aromatic carbocycles. The first kappa shape index (κ1) is 12.6. The molecular weight excluding hydrogens is 248 g/mol. The van der Waals surface area contributed by atoms with E-state index in [1.807, 2.05) is 24.4 Å². The summed E-state index contributed by atoms with van der Waals surface area (Å²) < 4.78 is 10.6. The van der Waals surface area contributed by atoms with Crippen molar-refractivity contribution in [2.75, 3.05) is 13.7 Å². The van der Waals surface area contributed by atoms with Gasteiger partial charge >= 0.3 is 0 Å². The first-order chi connectivity index (χ1) is 8.76. The highest BCUT2D eigenvalue weighted by molar-refractivity contribution is 7.12. The van der Waals surface area contributed by atoms with Crippen LogP contribution in [0.5, 0.6) is 11.5 Å². The average molecular weight is 262 g/mol. The molecule has 3 nitrogen and oxygen atoms in total. The van der Waals surface area contributed by atoms with Gasteiger partial charge in [0.05, 0.1) is 13.7 Å². The van der Waals surface area contributed by atoms with Crippen molar-refractivity contribution in [3.05, 3.63) is 46.2 Å². The van der Waals surface area contributed by atoms with Gasteiger partial charge in [0.1, 0.15) is 16.4 Å². The Balaban J connectivity index is 2.31. The zero-order valence-electron chi connectivity index (χ0n) is 10.3. The Hall–Kier alpha value is -1.81. The number of carbonyl (C=O) groups is 1. The Bertz CT molecular complexity index is 545. The molecule has 1 aromatic heterocycles. The van der Waals surface area contributed by atoms with Gasteiger partial charge in [-0.05, 0) is 30.5 Å². The highest BCUT2D eigenvalue weighted by Crippen LogP contribution is 2.28. The lowest BCUT2D eigenvalue weighted by Crippen LogP contribution is -2.01. The molecule has 0 aliphatic rings. The van der Waals surface area contributed by atoms with Crippen LogP contribution in [0.3, 0.4) is 0 Å². The normalized spacial score (nSPS) is 10.1. The largest absolute Gasteiger partial charge is 0.495 e. The van der Waals surface area contributed by atoms with E-state index in [1.54, 1.807) is 25.3 Å². The van der Waals surface area contributed by atoms with Crippen LogP contribution in [0, 0.1) is 0 Å². The van der Waals surface area contributed by atoms with Crippen LogP contribution >= 0.6 is 11.3 Å². The van der Waals surface area contributed by atoms with Crippen molar-refractivity contribution < 1.29 is 14.3 Å². The molecule has 0 saturated carbocycles. The Morgan fingerprint density at radius 3 is 2.89 bits per heavy atom. The van der Waals surface area contributed by atoms with Crippen molar-refractivity contribution in [2.24, 2.45) is 0 Å². The summed E-state index contributed by atoms with van der Waals surface area (Å²) in [5, 5.41) is 1.85. The molecule has 0 unspecified atom stereocenters. The number of hydrogen-bond donors (Lipinski definition) is 0. The van der Waals surface area contributed by atoms with Gasteiger partial charge in [-0.3, -0.25) is 4.79 Å². The van der Waals surface area contributed by atoms with Gasteiger partial charge in [-0.2, -0.15) is 0 Å². The minimum Gasteiger partial charge on any atom is -0.495 e. The molecule has 4 heteroatoms. The van der Waals surface area contributed by atoms with E-state index in [2.05, 4.69) is 0 Å². The van der Waals surface area contributed by atoms with E-state index in [1.165, 1.54) is 11.3 Å². The summed E-state index contributed by atoms with van der Waals surface area (Å²) in [5.74, 6) is 1.29. The lowest BCUT2D eigenvalue weighted by atomic mass is 10.1. The van der Waals surface area contributed by atoms with Gasteiger partial charge in [-0.15, -0.1) is 11.3 Å². The third-order valence-electron chi connectivity index (χ3n) is 2.46. The fourth-order valence-corrected chi connectivity index (χ4v) is 2.47. The number of benzene rings is 1. The van der Waals surface area contributed by atoms with E-state index in [9.17, 15) is 4.79 Å². The molecule has 0 saturated heterocycles. The third kappa shape index (κ3) is 2.54. The van der Waals surface area contributed by atoms with Gasteiger partial charge in [0.15, 0.2) is 0 Å². The van der Waals surface area contributed by atoms with Crippen LogP contribution in [0.15, 0.2) is 35.7 Å². The topological polar surface area (TPSA) is 35.5 Å². The van der Waals surface area contributed by atoms with Crippen molar-refractivity contribution in [3.63, 3.8) is 0 Å². The first-order valence-corrected chi connectivity index (χ1v) is 6.53. The van der Waals surface area contributed by atoms with Gasteiger partial charge in [-0.25, -0.2) is 0 Å². The van der Waals surface area contributed by atoms with E-state index in [0.29, 0.717) is 28.5 Å². The third-order valence-corrected chi connectivity index (χ3v) is 3.36. The monoisotopic (exact) mass is 262 g/mol. The number of ketones is 1. The Labute approximate surface area is 110 Å². The average Bonchev–Trinajstić information content (AvgIpc) is 2.87. The highest BCUT2D eigenvalue weighted by atomic mass is 32.1. The molecule has 0 spiro atoms. The van der Waals surface area contributed by atoms with E-state index < -0.39 is 0 Å². The zero-order chi connectivity index (χ0) is 13.0. The number of thiophene rings is 1. The van der Waals surface area contributed by atoms with Crippen molar-refractivity contribution in [2.45, 2.75) is 6.92 Å². The summed E-state index contributed by atoms with van der Waals surface area (Å²) >= 11 is 1.38. The summed E-state index contributed by atoms with van der Waals surface area (Å²) in [6, 6.07) is 8.99. The maximum atomic E-state index is 12.3. The van der Waals surface area contributed by atoms with Gasteiger partial charge < -0.3 is 9.47 Å². The van der Waals surface area contributed by atoms with Gasteiger partial charge in [-0.1, -0.05) is 12.1 Å². The van der Waals surface area contributed by atoms with Crippen LogP contribution < -0.4 is 9.47 Å². The van der Waals surface area contributed by atoms with Gasteiger partial charge in [0.25, 0.3) is 0 Å². The number of methoxy groups -OCH3 is 1. The molecule has 0 aliphatic heterocycles. The summed E-state index contributed by atoms with van der Waals surface area (Å²) in [6.45, 7) is 2.50. The van der Waals surface area contributed by atoms with E-state index >= 15 is 0 Å². The van der Waals surface area contributed by atoms with Gasteiger partial charge in [0, 0.05) is 5.56 Å². The molecule has 94 valence electrons. The summed E-state index contributed by atoms with van der Waals surface area (Å²) in [4.78, 5) is 12.9. The SMILES string of the molecule is CCOc1cccc(C(=O)c2sccc2OC)c1. The fourth-order valence-electron chi connectivity index (χ4n) is 1.65. The second-order valence-corrected chi connectivity index (χ2v) is 4.52. The summed E-state index contributed by atoms with van der Waals surface area (Å²) in [7, 11) is 1.56. The minimum absolute atomic E-state index is 0.0385. The molecule has 0 bridgehead atoms. The molecular formula is C14H14O3S. The minimum atomic E-state index is -0.0385. The fraction of sp³-hybridized carbons (Fsp3) is 0.214. The highest BCUT2D eigenvalue weighted by Gasteiger charge is 2.16. The Morgan fingerprint density at radius 2 is 2.17 bits per heavy atom. The standard InChI is InChI=1S/C14H14O3S/c1-3-17-11-6-4-5-10(9-11)13(15)14-12(16-2)7-8-18-14/h4-9H,3H2,1-2H3. The molecule has 2 rings (SSSR count). The molecule has 2 aromatic rings. The maximum absolute atomic E-state index is 12.3. The van der Waals surface area contributed by atoms with Crippen molar-refractivity contribution in [1.29, 1.82) is 0 Å². The van der Waals surface area contributed by atoms with Crippen molar-refractivity contribution in [1.82, 2.24) is 0 Å². The molecule has 0 aliphatic carbocycles. The second-order valence-electron chi connectivity index (χ2n) is 3.61. The smallest absolute Gasteiger partial charge is 0.206 e. The summed E-state index contributed by atoms with van der Waals surface area (Å²) in [5.41, 5.74) is 0.613. The van der Waals surface area contributed by atoms with Gasteiger partial charge in [0.2, 0.25) is 5.78 Å². The van der Waals surface area contributed by atoms with Crippen LogP contribution in [-0.4, -0.2) is 19.5 Å². The maximum Gasteiger partial charge on any atom is 0.206 e. The molecule has 18 heavy (non-hydrogen) atoms. The predicted octanol–water partition coefficient (Wildman–Crippen LogP) is 3.39. The van der Waals surface area contributed by atoms with Crippen LogP contribution in [0.2, 0.25) is 0 Å². The van der Waals surface area contributed by atoms with Crippen LogP contribution in [0.4, 0.5) is 0 Å². The van der Waals surface area contributed by atoms with E-state index in [-0.39, 0.29) is 5.78 Å². The van der Waals surface area contributed by atoms with Crippen LogP contribution in [0.25, 0.3) is 0 Å². The molecule has 0 radical (unpaired) electrons. The first-order valence-electron chi connectivity index (χ1n) is 5.65. The quantitative estimate of drug-likeness (QED) is 0.775. The number of hydrogen-bond acceptors (Lipinski definition) is 4. The lowest BCUT2D eigenvalue weighted by molar-refractivity contribution is 0.103. The number of ether oxygens (including phenoxy) is 2. The molecule has 0 amide bonds. The molecule has 1 heterocycles. The Kier molecular flexibility index (Phi) is 3.99. The number of rotatable bonds is 5. The van der Waals surface area contributed by atoms with Crippen molar-refractivity contribution in [3.8, 4) is 11.5 Å². The molecule has 0 atom stereocenters. The number of carbonyl (C=O) groups excluding carboxylic acids is 1. The van der Waals surface area contributed by atoms with E-state index in [0.717, 1.165) is 0 Å². The molecule has 0 fully saturated rings. The Morgan fingerprint density at radius 1 is 1.33 bits per heavy atom. The predicted molar refractivity (Wildman–Crippen MR) is 71.9 cm³/mol. The summed E-state index contributed by atoms with van der Waals surface area (Å²) in [6.07, 6.45) is 0. The zero-order valence-corrected chi connectivity index (χ0v) is 11.1. The van der Waals surface area contributed by atoms with Crippen LogP contribution in [-0.2, 0) is 0 Å². The second kappa shape index (κ2) is 5.69. The molecule has 0 N–H and O–H groups in total. The van der Waals surface area contributed by atoms with E-state index in [4.69, 9.17) is 9.47 Å².